The maximum absolute atomic E-state index is 13.2. The molecule has 1 aliphatic heterocycles. The van der Waals surface area contributed by atoms with Crippen LogP contribution in [0.3, 0.4) is 0 Å². The summed E-state index contributed by atoms with van der Waals surface area (Å²) in [7, 11) is 0. The molecule has 0 radical (unpaired) electrons. The zero-order chi connectivity index (χ0) is 12.6. The van der Waals surface area contributed by atoms with Crippen molar-refractivity contribution >= 4 is 18.4 Å². The first-order valence-electron chi connectivity index (χ1n) is 5.01. The number of anilines is 1. The summed E-state index contributed by atoms with van der Waals surface area (Å²) in [5, 5.41) is 8.79. The van der Waals surface area contributed by atoms with Crippen molar-refractivity contribution in [2.45, 2.75) is 24.0 Å². The van der Waals surface area contributed by atoms with Crippen molar-refractivity contribution < 1.29 is 14.2 Å². The fourth-order valence-corrected chi connectivity index (χ4v) is 2.06. The van der Waals surface area contributed by atoms with E-state index in [4.69, 9.17) is 15.6 Å². The predicted octanol–water partition coefficient (Wildman–Crippen LogP) is -0.457. The normalized spacial score (nSPS) is 28.5. The molecule has 1 aromatic heterocycles. The summed E-state index contributed by atoms with van der Waals surface area (Å²) >= 11 is 4.22. The number of thiol groups is 1. The third-order valence-electron chi connectivity index (χ3n) is 2.63. The van der Waals surface area contributed by atoms with Crippen LogP contribution in [-0.4, -0.2) is 32.6 Å². The number of aliphatic hydroxyl groups excluding tert-OH is 1. The van der Waals surface area contributed by atoms with Gasteiger partial charge in [-0.05, 0) is 0 Å². The Balaban J connectivity index is 2.30. The van der Waals surface area contributed by atoms with Gasteiger partial charge in [0.25, 0.3) is 0 Å². The first-order valence-corrected chi connectivity index (χ1v) is 5.53. The van der Waals surface area contributed by atoms with E-state index < -0.39 is 29.7 Å². The lowest BCUT2D eigenvalue weighted by Gasteiger charge is -2.14. The molecule has 1 saturated heterocycles. The molecule has 0 bridgehead atoms. The average molecular weight is 261 g/mol. The minimum atomic E-state index is -0.781. The lowest BCUT2D eigenvalue weighted by Crippen LogP contribution is -2.29. The minimum Gasteiger partial charge on any atom is -0.394 e. The maximum Gasteiger partial charge on any atom is 0.351 e. The topological polar surface area (TPSA) is 90.4 Å². The Kier molecular flexibility index (Phi) is 3.36. The number of hydrogen-bond donors (Lipinski definition) is 3. The number of nitrogens with zero attached hydrogens (tertiary/aromatic N) is 2. The molecule has 2 rings (SSSR count). The van der Waals surface area contributed by atoms with Crippen LogP contribution >= 0.6 is 12.6 Å². The van der Waals surface area contributed by atoms with Crippen LogP contribution in [0.15, 0.2) is 11.0 Å². The minimum absolute atomic E-state index is 0.204. The van der Waals surface area contributed by atoms with Gasteiger partial charge in [0, 0.05) is 11.7 Å². The molecule has 0 amide bonds. The molecule has 0 spiro atoms. The third kappa shape index (κ3) is 2.28. The van der Waals surface area contributed by atoms with E-state index in [9.17, 15) is 9.18 Å². The summed E-state index contributed by atoms with van der Waals surface area (Å²) < 4.78 is 19.6. The van der Waals surface area contributed by atoms with Gasteiger partial charge in [-0.15, -0.1) is 0 Å². The van der Waals surface area contributed by atoms with Gasteiger partial charge in [-0.1, -0.05) is 0 Å². The first kappa shape index (κ1) is 12.3. The van der Waals surface area contributed by atoms with Crippen molar-refractivity contribution in [2.24, 2.45) is 0 Å². The second kappa shape index (κ2) is 4.63. The summed E-state index contributed by atoms with van der Waals surface area (Å²) in [6.45, 7) is -0.204. The van der Waals surface area contributed by atoms with Crippen LogP contribution in [0.25, 0.3) is 0 Å². The van der Waals surface area contributed by atoms with E-state index in [0.717, 1.165) is 10.8 Å². The molecule has 0 aliphatic carbocycles. The van der Waals surface area contributed by atoms with Crippen LogP contribution in [-0.2, 0) is 4.74 Å². The third-order valence-corrected chi connectivity index (χ3v) is 3.17. The van der Waals surface area contributed by atoms with Gasteiger partial charge in [-0.25, -0.2) is 9.18 Å². The van der Waals surface area contributed by atoms with Crippen molar-refractivity contribution in [1.82, 2.24) is 9.55 Å². The van der Waals surface area contributed by atoms with Crippen LogP contribution in [0.5, 0.6) is 0 Å². The van der Waals surface area contributed by atoms with E-state index in [1.807, 2.05) is 0 Å². The van der Waals surface area contributed by atoms with Crippen LogP contribution in [0.4, 0.5) is 10.2 Å². The molecule has 2 heterocycles. The highest BCUT2D eigenvalue weighted by Gasteiger charge is 2.34. The molecule has 6 nitrogen and oxygen atoms in total. The SMILES string of the molecule is Nc1nc(=O)n([C@H]2C[C@H](S)[C@@H](CO)O2)cc1F. The monoisotopic (exact) mass is 261 g/mol. The van der Waals surface area contributed by atoms with Gasteiger partial charge >= 0.3 is 5.69 Å². The molecule has 0 aromatic carbocycles. The molecular weight excluding hydrogens is 249 g/mol. The molecule has 1 fully saturated rings. The lowest BCUT2D eigenvalue weighted by molar-refractivity contribution is -0.0240. The zero-order valence-electron chi connectivity index (χ0n) is 8.78. The Labute approximate surface area is 102 Å². The summed E-state index contributed by atoms with van der Waals surface area (Å²) in [6, 6.07) is 0. The van der Waals surface area contributed by atoms with Crippen molar-refractivity contribution in [1.29, 1.82) is 0 Å². The highest BCUT2D eigenvalue weighted by atomic mass is 32.1. The Bertz CT molecular complexity index is 481. The van der Waals surface area contributed by atoms with Gasteiger partial charge < -0.3 is 15.6 Å². The van der Waals surface area contributed by atoms with Gasteiger partial charge in [-0.2, -0.15) is 17.6 Å². The summed E-state index contributed by atoms with van der Waals surface area (Å²) in [5.74, 6) is -1.22. The van der Waals surface area contributed by atoms with Crippen molar-refractivity contribution in [3.63, 3.8) is 0 Å². The van der Waals surface area contributed by atoms with Crippen LogP contribution in [0, 0.1) is 5.82 Å². The smallest absolute Gasteiger partial charge is 0.351 e. The number of halogens is 1. The highest BCUT2D eigenvalue weighted by molar-refractivity contribution is 7.81. The first-order chi connectivity index (χ1) is 8.02. The second-order valence-corrected chi connectivity index (χ2v) is 4.44. The van der Waals surface area contributed by atoms with E-state index >= 15 is 0 Å². The molecule has 17 heavy (non-hydrogen) atoms. The Hall–Kier alpha value is -1.12. The van der Waals surface area contributed by atoms with Crippen molar-refractivity contribution in [3.05, 3.63) is 22.5 Å². The summed E-state index contributed by atoms with van der Waals surface area (Å²) in [4.78, 5) is 14.9. The number of aliphatic hydroxyl groups is 1. The molecule has 0 saturated carbocycles. The Morgan fingerprint density at radius 3 is 3.06 bits per heavy atom. The van der Waals surface area contributed by atoms with Crippen LogP contribution in [0.2, 0.25) is 0 Å². The molecule has 0 unspecified atom stereocenters. The van der Waals surface area contributed by atoms with E-state index in [1.54, 1.807) is 0 Å². The molecule has 8 heteroatoms. The highest BCUT2D eigenvalue weighted by Crippen LogP contribution is 2.30. The van der Waals surface area contributed by atoms with E-state index in [0.29, 0.717) is 6.42 Å². The number of aromatic nitrogens is 2. The maximum atomic E-state index is 13.2. The predicted molar refractivity (Wildman–Crippen MR) is 61.3 cm³/mol. The van der Waals surface area contributed by atoms with Crippen LogP contribution < -0.4 is 11.4 Å². The lowest BCUT2D eigenvalue weighted by atomic mass is 10.2. The standard InChI is InChI=1S/C9H12FN3O3S/c10-4-2-13(9(15)12-8(4)11)7-1-6(17)5(3-14)16-7/h2,5-7,14,17H,1,3H2,(H2,11,12,15)/t5-,6+,7-/m1/s1. The number of rotatable bonds is 2. The molecule has 1 aliphatic rings. The quantitative estimate of drug-likeness (QED) is 0.627. The van der Waals surface area contributed by atoms with E-state index in [-0.39, 0.29) is 11.9 Å². The van der Waals surface area contributed by atoms with Crippen molar-refractivity contribution in [3.8, 4) is 0 Å². The van der Waals surface area contributed by atoms with E-state index in [2.05, 4.69) is 17.6 Å². The zero-order valence-corrected chi connectivity index (χ0v) is 9.68. The Morgan fingerprint density at radius 2 is 2.47 bits per heavy atom. The molecule has 3 atom stereocenters. The fourth-order valence-electron chi connectivity index (χ4n) is 1.71. The number of ether oxygens (including phenoxy) is 1. The molecule has 1 aromatic rings. The number of nitrogens with two attached hydrogens (primary N) is 1. The van der Waals surface area contributed by atoms with Crippen molar-refractivity contribution in [2.75, 3.05) is 12.3 Å². The fraction of sp³-hybridized carbons (Fsp3) is 0.556. The van der Waals surface area contributed by atoms with Gasteiger partial charge in [0.1, 0.15) is 6.23 Å². The second-order valence-electron chi connectivity index (χ2n) is 3.78. The largest absolute Gasteiger partial charge is 0.394 e. The summed E-state index contributed by atoms with van der Waals surface area (Å²) in [6.07, 6.45) is 0.190. The van der Waals surface area contributed by atoms with Gasteiger partial charge in [-0.3, -0.25) is 4.57 Å². The van der Waals surface area contributed by atoms with E-state index in [1.165, 1.54) is 0 Å². The van der Waals surface area contributed by atoms with Gasteiger partial charge in [0.15, 0.2) is 11.6 Å². The molecule has 3 N–H and O–H groups in total. The molecular formula is C9H12FN3O3S. The van der Waals surface area contributed by atoms with Gasteiger partial charge in [0.2, 0.25) is 0 Å². The van der Waals surface area contributed by atoms with Crippen LogP contribution in [0.1, 0.15) is 12.6 Å². The number of nitrogen functional groups attached to an aromatic ring is 1. The summed E-state index contributed by atoms with van der Waals surface area (Å²) in [5.41, 5.74) is 4.49. The molecule has 94 valence electrons. The Morgan fingerprint density at radius 1 is 1.76 bits per heavy atom. The van der Waals surface area contributed by atoms with Gasteiger partial charge in [0.05, 0.1) is 18.9 Å². The average Bonchev–Trinajstić information content (AvgIpc) is 2.65. The number of hydrogen-bond acceptors (Lipinski definition) is 6.